The van der Waals surface area contributed by atoms with E-state index in [-0.39, 0.29) is 10.8 Å². The predicted octanol–water partition coefficient (Wildman–Crippen LogP) is 5.17. The average molecular weight is 497 g/mol. The number of hydrogen-bond donors (Lipinski definition) is 0. The Morgan fingerprint density at radius 1 is 0.912 bits per heavy atom. The van der Waals surface area contributed by atoms with E-state index >= 15 is 0 Å². The van der Waals surface area contributed by atoms with Gasteiger partial charge in [-0.3, -0.25) is 0 Å². The third-order valence-electron chi connectivity index (χ3n) is 5.69. The van der Waals surface area contributed by atoms with Gasteiger partial charge < -0.3 is 8.83 Å². The smallest absolute Gasteiger partial charge is 0.277 e. The molecule has 5 rings (SSSR count). The molecule has 0 saturated carbocycles. The average Bonchev–Trinajstić information content (AvgIpc) is 3.50. The Morgan fingerprint density at radius 3 is 2.47 bits per heavy atom. The molecule has 4 aromatic rings. The van der Waals surface area contributed by atoms with E-state index in [0.717, 1.165) is 36.3 Å². The van der Waals surface area contributed by atoms with E-state index in [4.69, 9.17) is 8.83 Å². The molecule has 2 aromatic heterocycles. The summed E-state index contributed by atoms with van der Waals surface area (Å²) >= 11 is 1.35. The molecule has 0 bridgehead atoms. The molecule has 8 nitrogen and oxygen atoms in total. The molecule has 0 amide bonds. The molecule has 0 radical (unpaired) electrons. The molecule has 3 heterocycles. The maximum absolute atomic E-state index is 13.0. The van der Waals surface area contributed by atoms with Crippen LogP contribution in [0, 0.1) is 6.92 Å². The van der Waals surface area contributed by atoms with E-state index < -0.39 is 10.0 Å². The number of benzene rings is 2. The van der Waals surface area contributed by atoms with Crippen molar-refractivity contribution < 1.29 is 17.3 Å². The standard InChI is InChI=1S/C24H24N4O4S2/c1-17-21(25-22(31-17)18-9-4-2-5-10-18)16-33-24-27-26-23(32-24)19-11-8-12-20(15-19)34(29,30)28-13-6-3-7-14-28/h2,4-5,8-12,15H,3,6-7,13-14,16H2,1H3. The number of aryl methyl sites for hydroxylation is 1. The molecule has 0 aliphatic carbocycles. The van der Waals surface area contributed by atoms with E-state index in [1.165, 1.54) is 11.8 Å². The topological polar surface area (TPSA) is 102 Å². The monoisotopic (exact) mass is 496 g/mol. The van der Waals surface area contributed by atoms with Crippen LogP contribution in [0.15, 0.2) is 73.5 Å². The first-order valence-corrected chi connectivity index (χ1v) is 13.5. The van der Waals surface area contributed by atoms with Crippen LogP contribution in [0.1, 0.15) is 30.7 Å². The Balaban J connectivity index is 1.29. The highest BCUT2D eigenvalue weighted by atomic mass is 32.2. The van der Waals surface area contributed by atoms with Gasteiger partial charge in [-0.2, -0.15) is 4.31 Å². The minimum absolute atomic E-state index is 0.242. The zero-order valence-corrected chi connectivity index (χ0v) is 20.3. The van der Waals surface area contributed by atoms with E-state index in [1.807, 2.05) is 37.3 Å². The number of thioether (sulfide) groups is 1. The summed E-state index contributed by atoms with van der Waals surface area (Å²) in [6.45, 7) is 2.99. The summed E-state index contributed by atoms with van der Waals surface area (Å²) in [5.74, 6) is 2.10. The van der Waals surface area contributed by atoms with Gasteiger partial charge in [0.05, 0.1) is 10.6 Å². The van der Waals surface area contributed by atoms with Crippen LogP contribution in [0.4, 0.5) is 0 Å². The fourth-order valence-electron chi connectivity index (χ4n) is 3.82. The van der Waals surface area contributed by atoms with E-state index in [1.54, 1.807) is 28.6 Å². The van der Waals surface area contributed by atoms with Crippen LogP contribution in [0.5, 0.6) is 0 Å². The van der Waals surface area contributed by atoms with Gasteiger partial charge in [-0.25, -0.2) is 13.4 Å². The Hall–Kier alpha value is -2.95. The quantitative estimate of drug-likeness (QED) is 0.323. The lowest BCUT2D eigenvalue weighted by molar-refractivity contribution is 0.346. The lowest BCUT2D eigenvalue weighted by Gasteiger charge is -2.25. The highest BCUT2D eigenvalue weighted by Gasteiger charge is 2.26. The molecule has 10 heteroatoms. The fourth-order valence-corrected chi connectivity index (χ4v) is 6.15. The van der Waals surface area contributed by atoms with Crippen LogP contribution in [0.2, 0.25) is 0 Å². The first-order valence-electron chi connectivity index (χ1n) is 11.1. The molecule has 2 aromatic carbocycles. The summed E-state index contributed by atoms with van der Waals surface area (Å²) in [6.07, 6.45) is 2.85. The summed E-state index contributed by atoms with van der Waals surface area (Å²) in [6, 6.07) is 16.4. The van der Waals surface area contributed by atoms with Crippen LogP contribution in [0.25, 0.3) is 22.9 Å². The van der Waals surface area contributed by atoms with E-state index in [2.05, 4.69) is 15.2 Å². The van der Waals surface area contributed by atoms with Crippen molar-refractivity contribution in [3.05, 3.63) is 66.1 Å². The van der Waals surface area contributed by atoms with Gasteiger partial charge in [-0.05, 0) is 50.1 Å². The number of piperidine rings is 1. The van der Waals surface area contributed by atoms with Gasteiger partial charge in [0.2, 0.25) is 21.8 Å². The van der Waals surface area contributed by atoms with Crippen LogP contribution in [-0.4, -0.2) is 41.0 Å². The highest BCUT2D eigenvalue weighted by Crippen LogP contribution is 2.30. The van der Waals surface area contributed by atoms with Gasteiger partial charge in [0, 0.05) is 30.0 Å². The molecule has 0 spiro atoms. The van der Waals surface area contributed by atoms with Crippen molar-refractivity contribution in [3.8, 4) is 22.9 Å². The molecule has 1 fully saturated rings. The Bertz CT molecular complexity index is 1380. The minimum Gasteiger partial charge on any atom is -0.441 e. The van der Waals surface area contributed by atoms with E-state index in [0.29, 0.717) is 35.5 Å². The lowest BCUT2D eigenvalue weighted by Crippen LogP contribution is -2.35. The maximum Gasteiger partial charge on any atom is 0.277 e. The summed E-state index contributed by atoms with van der Waals surface area (Å²) in [5.41, 5.74) is 2.29. The molecule has 0 atom stereocenters. The molecule has 0 unspecified atom stereocenters. The number of oxazole rings is 1. The van der Waals surface area contributed by atoms with Crippen LogP contribution < -0.4 is 0 Å². The Labute approximate surface area is 202 Å². The SMILES string of the molecule is Cc1oc(-c2ccccc2)nc1CSc1nnc(-c2cccc(S(=O)(=O)N3CCCCC3)c2)o1. The van der Waals surface area contributed by atoms with Gasteiger partial charge in [0.1, 0.15) is 5.76 Å². The molecular formula is C24H24N4O4S2. The number of aromatic nitrogens is 3. The van der Waals surface area contributed by atoms with Crippen molar-refractivity contribution in [2.45, 2.75) is 42.1 Å². The van der Waals surface area contributed by atoms with E-state index in [9.17, 15) is 8.42 Å². The second kappa shape index (κ2) is 9.73. The third-order valence-corrected chi connectivity index (χ3v) is 8.41. The summed E-state index contributed by atoms with van der Waals surface area (Å²) < 4.78 is 39.2. The summed E-state index contributed by atoms with van der Waals surface area (Å²) in [4.78, 5) is 4.84. The number of nitrogens with zero attached hydrogens (tertiary/aromatic N) is 4. The second-order valence-corrected chi connectivity index (χ2v) is 10.9. The molecular weight excluding hydrogens is 472 g/mol. The van der Waals surface area contributed by atoms with Gasteiger partial charge >= 0.3 is 0 Å². The third kappa shape index (κ3) is 4.79. The molecule has 1 aliphatic heterocycles. The van der Waals surface area contributed by atoms with Crippen molar-refractivity contribution in [3.63, 3.8) is 0 Å². The van der Waals surface area contributed by atoms with Crippen LogP contribution >= 0.6 is 11.8 Å². The Morgan fingerprint density at radius 2 is 1.68 bits per heavy atom. The lowest BCUT2D eigenvalue weighted by atomic mass is 10.2. The van der Waals surface area contributed by atoms with Gasteiger partial charge in [-0.1, -0.05) is 42.4 Å². The number of sulfonamides is 1. The summed E-state index contributed by atoms with van der Waals surface area (Å²) in [7, 11) is -3.54. The van der Waals surface area contributed by atoms with Crippen molar-refractivity contribution in [1.29, 1.82) is 0 Å². The van der Waals surface area contributed by atoms with Crippen molar-refractivity contribution in [2.75, 3.05) is 13.1 Å². The largest absolute Gasteiger partial charge is 0.441 e. The molecule has 34 heavy (non-hydrogen) atoms. The van der Waals surface area contributed by atoms with Crippen molar-refractivity contribution in [2.24, 2.45) is 0 Å². The fraction of sp³-hybridized carbons (Fsp3) is 0.292. The first-order chi connectivity index (χ1) is 16.5. The molecule has 0 N–H and O–H groups in total. The highest BCUT2D eigenvalue weighted by molar-refractivity contribution is 7.98. The van der Waals surface area contributed by atoms with Gasteiger partial charge in [-0.15, -0.1) is 10.2 Å². The second-order valence-electron chi connectivity index (χ2n) is 8.04. The number of hydrogen-bond acceptors (Lipinski definition) is 8. The predicted molar refractivity (Wildman–Crippen MR) is 129 cm³/mol. The molecule has 1 saturated heterocycles. The molecule has 1 aliphatic rings. The van der Waals surface area contributed by atoms with Crippen molar-refractivity contribution in [1.82, 2.24) is 19.5 Å². The van der Waals surface area contributed by atoms with Crippen molar-refractivity contribution >= 4 is 21.8 Å². The molecule has 176 valence electrons. The summed E-state index contributed by atoms with van der Waals surface area (Å²) in [5, 5.41) is 8.61. The van der Waals surface area contributed by atoms with Crippen LogP contribution in [-0.2, 0) is 15.8 Å². The maximum atomic E-state index is 13.0. The zero-order chi connectivity index (χ0) is 23.5. The minimum atomic E-state index is -3.54. The van der Waals surface area contributed by atoms with Gasteiger partial charge in [0.15, 0.2) is 0 Å². The normalized spacial score (nSPS) is 15.0. The number of rotatable bonds is 7. The Kier molecular flexibility index (Phi) is 6.53. The van der Waals surface area contributed by atoms with Gasteiger partial charge in [0.25, 0.3) is 5.22 Å². The zero-order valence-electron chi connectivity index (χ0n) is 18.7. The van der Waals surface area contributed by atoms with Crippen LogP contribution in [0.3, 0.4) is 0 Å². The first kappa shape index (κ1) is 22.8.